The first-order valence-corrected chi connectivity index (χ1v) is 7.01. The number of anilines is 1. The standard InChI is InChI=1S/C14H19ClF2N2/c1-18(2)9-11-4-3-5-19(11)14-12(16)6-10(8-15)7-13(14)17/h6-7,11H,3-5,8-9H2,1-2H3. The highest BCUT2D eigenvalue weighted by Gasteiger charge is 2.29. The molecule has 1 aliphatic rings. The molecule has 106 valence electrons. The summed E-state index contributed by atoms with van der Waals surface area (Å²) in [5.41, 5.74) is 0.571. The highest BCUT2D eigenvalue weighted by Crippen LogP contribution is 2.31. The Kier molecular flexibility index (Phi) is 4.63. The van der Waals surface area contributed by atoms with Gasteiger partial charge in [0.05, 0.1) is 0 Å². The number of benzene rings is 1. The second kappa shape index (κ2) is 6.06. The molecule has 2 rings (SSSR count). The van der Waals surface area contributed by atoms with Gasteiger partial charge >= 0.3 is 0 Å². The first kappa shape index (κ1) is 14.5. The van der Waals surface area contributed by atoms with Crippen LogP contribution >= 0.6 is 11.6 Å². The lowest BCUT2D eigenvalue weighted by Crippen LogP contribution is -2.38. The number of nitrogens with zero attached hydrogens (tertiary/aromatic N) is 2. The van der Waals surface area contributed by atoms with E-state index in [0.717, 1.165) is 19.4 Å². The predicted octanol–water partition coefficient (Wildman–Crippen LogP) is 3.23. The van der Waals surface area contributed by atoms with E-state index in [1.807, 2.05) is 23.9 Å². The summed E-state index contributed by atoms with van der Waals surface area (Å²) >= 11 is 5.63. The Morgan fingerprint density at radius 2 is 1.95 bits per heavy atom. The minimum absolute atomic E-state index is 0.0956. The summed E-state index contributed by atoms with van der Waals surface area (Å²) in [6.45, 7) is 1.50. The predicted molar refractivity (Wildman–Crippen MR) is 74.8 cm³/mol. The van der Waals surface area contributed by atoms with Gasteiger partial charge in [0.15, 0.2) is 0 Å². The topological polar surface area (TPSA) is 6.48 Å². The van der Waals surface area contributed by atoms with Crippen LogP contribution in [0.15, 0.2) is 12.1 Å². The molecule has 1 atom stereocenters. The van der Waals surface area contributed by atoms with Crippen molar-refractivity contribution >= 4 is 17.3 Å². The first-order chi connectivity index (χ1) is 9.02. The van der Waals surface area contributed by atoms with E-state index in [-0.39, 0.29) is 17.6 Å². The maximum atomic E-state index is 14.1. The molecule has 0 aliphatic carbocycles. The quantitative estimate of drug-likeness (QED) is 0.785. The molecule has 0 spiro atoms. The van der Waals surface area contributed by atoms with Gasteiger partial charge in [-0.15, -0.1) is 11.6 Å². The van der Waals surface area contributed by atoms with Crippen LogP contribution in [0.5, 0.6) is 0 Å². The van der Waals surface area contributed by atoms with Crippen LogP contribution in [-0.2, 0) is 5.88 Å². The fourth-order valence-corrected chi connectivity index (χ4v) is 2.87. The normalized spacial score (nSPS) is 19.5. The van der Waals surface area contributed by atoms with Crippen molar-refractivity contribution in [3.63, 3.8) is 0 Å². The Balaban J connectivity index is 2.30. The molecule has 0 amide bonds. The van der Waals surface area contributed by atoms with E-state index in [2.05, 4.69) is 0 Å². The molecular formula is C14H19ClF2N2. The van der Waals surface area contributed by atoms with Crippen molar-refractivity contribution in [2.75, 3.05) is 32.1 Å². The molecule has 0 radical (unpaired) electrons. The summed E-state index contributed by atoms with van der Waals surface area (Å²) in [6.07, 6.45) is 1.93. The summed E-state index contributed by atoms with van der Waals surface area (Å²) in [6, 6.07) is 2.83. The Hall–Kier alpha value is -0.870. The zero-order chi connectivity index (χ0) is 14.0. The van der Waals surface area contributed by atoms with E-state index in [1.165, 1.54) is 12.1 Å². The third-order valence-corrected chi connectivity index (χ3v) is 3.78. The summed E-state index contributed by atoms with van der Waals surface area (Å²) in [7, 11) is 3.94. The summed E-state index contributed by atoms with van der Waals surface area (Å²) in [5.74, 6) is -0.905. The van der Waals surface area contributed by atoms with Gasteiger partial charge < -0.3 is 9.80 Å². The second-order valence-electron chi connectivity index (χ2n) is 5.29. The molecule has 1 aromatic carbocycles. The van der Waals surface area contributed by atoms with Gasteiger partial charge in [0.1, 0.15) is 17.3 Å². The van der Waals surface area contributed by atoms with Crippen LogP contribution in [0.3, 0.4) is 0 Å². The zero-order valence-electron chi connectivity index (χ0n) is 11.3. The van der Waals surface area contributed by atoms with Crippen LogP contribution in [0, 0.1) is 11.6 Å². The molecule has 1 unspecified atom stereocenters. The average Bonchev–Trinajstić information content (AvgIpc) is 2.75. The van der Waals surface area contributed by atoms with Gasteiger partial charge in [-0.25, -0.2) is 8.78 Å². The number of hydrogen-bond donors (Lipinski definition) is 0. The van der Waals surface area contributed by atoms with Crippen LogP contribution < -0.4 is 4.90 Å². The van der Waals surface area contributed by atoms with E-state index >= 15 is 0 Å². The fourth-order valence-electron chi connectivity index (χ4n) is 2.71. The molecule has 5 heteroatoms. The van der Waals surface area contributed by atoms with Crippen molar-refractivity contribution in [2.24, 2.45) is 0 Å². The van der Waals surface area contributed by atoms with Crippen molar-refractivity contribution in [2.45, 2.75) is 24.8 Å². The third-order valence-electron chi connectivity index (χ3n) is 3.47. The van der Waals surface area contributed by atoms with Crippen LogP contribution in [-0.4, -0.2) is 38.1 Å². The number of hydrogen-bond acceptors (Lipinski definition) is 2. The minimum atomic E-state index is -0.513. The molecule has 19 heavy (non-hydrogen) atoms. The van der Waals surface area contributed by atoms with Crippen molar-refractivity contribution in [1.82, 2.24) is 4.90 Å². The van der Waals surface area contributed by atoms with Gasteiger partial charge in [0.2, 0.25) is 0 Å². The van der Waals surface area contributed by atoms with Crippen LogP contribution in [0.4, 0.5) is 14.5 Å². The van der Waals surface area contributed by atoms with Crippen LogP contribution in [0.1, 0.15) is 18.4 Å². The Morgan fingerprint density at radius 3 is 2.47 bits per heavy atom. The molecule has 1 saturated heterocycles. The molecular weight excluding hydrogens is 270 g/mol. The lowest BCUT2D eigenvalue weighted by Gasteiger charge is -2.29. The van der Waals surface area contributed by atoms with Gasteiger partial charge in [-0.3, -0.25) is 0 Å². The first-order valence-electron chi connectivity index (χ1n) is 6.48. The Bertz CT molecular complexity index is 428. The van der Waals surface area contributed by atoms with Crippen LogP contribution in [0.2, 0.25) is 0 Å². The van der Waals surface area contributed by atoms with Gasteiger partial charge in [0.25, 0.3) is 0 Å². The highest BCUT2D eigenvalue weighted by atomic mass is 35.5. The molecule has 1 aliphatic heterocycles. The van der Waals surface area contributed by atoms with E-state index in [9.17, 15) is 8.78 Å². The van der Waals surface area contributed by atoms with Crippen molar-refractivity contribution < 1.29 is 8.78 Å². The average molecular weight is 289 g/mol. The van der Waals surface area contributed by atoms with E-state index in [4.69, 9.17) is 11.6 Å². The second-order valence-corrected chi connectivity index (χ2v) is 5.56. The number of rotatable bonds is 4. The SMILES string of the molecule is CN(C)CC1CCCN1c1c(F)cc(CCl)cc1F. The molecule has 0 bridgehead atoms. The molecule has 2 nitrogen and oxygen atoms in total. The number of likely N-dealkylation sites (N-methyl/N-ethyl adjacent to an activating group) is 1. The lowest BCUT2D eigenvalue weighted by atomic mass is 10.1. The van der Waals surface area contributed by atoms with Gasteiger partial charge in [0, 0.05) is 25.0 Å². The molecule has 1 aromatic rings. The Morgan fingerprint density at radius 1 is 1.32 bits per heavy atom. The lowest BCUT2D eigenvalue weighted by molar-refractivity contribution is 0.370. The minimum Gasteiger partial charge on any atom is -0.363 e. The van der Waals surface area contributed by atoms with Crippen molar-refractivity contribution in [3.8, 4) is 0 Å². The van der Waals surface area contributed by atoms with E-state index in [0.29, 0.717) is 12.1 Å². The van der Waals surface area contributed by atoms with Crippen molar-refractivity contribution in [3.05, 3.63) is 29.3 Å². The zero-order valence-corrected chi connectivity index (χ0v) is 12.1. The summed E-state index contributed by atoms with van der Waals surface area (Å²) in [5, 5.41) is 0. The van der Waals surface area contributed by atoms with E-state index < -0.39 is 11.6 Å². The Labute approximate surface area is 117 Å². The maximum Gasteiger partial charge on any atom is 0.149 e. The van der Waals surface area contributed by atoms with E-state index in [1.54, 1.807) is 0 Å². The third kappa shape index (κ3) is 3.18. The summed E-state index contributed by atoms with van der Waals surface area (Å²) < 4.78 is 28.2. The largest absolute Gasteiger partial charge is 0.363 e. The van der Waals surface area contributed by atoms with Gasteiger partial charge in [-0.1, -0.05) is 0 Å². The molecule has 0 aromatic heterocycles. The molecule has 0 saturated carbocycles. The number of alkyl halides is 1. The maximum absolute atomic E-state index is 14.1. The summed E-state index contributed by atoms with van der Waals surface area (Å²) in [4.78, 5) is 3.90. The highest BCUT2D eigenvalue weighted by molar-refractivity contribution is 6.17. The van der Waals surface area contributed by atoms with Gasteiger partial charge in [-0.05, 0) is 44.6 Å². The monoisotopic (exact) mass is 288 g/mol. The smallest absolute Gasteiger partial charge is 0.149 e. The molecule has 1 fully saturated rings. The molecule has 0 N–H and O–H groups in total. The number of halogens is 3. The van der Waals surface area contributed by atoms with Gasteiger partial charge in [-0.2, -0.15) is 0 Å². The van der Waals surface area contributed by atoms with Crippen LogP contribution in [0.25, 0.3) is 0 Å². The van der Waals surface area contributed by atoms with Crippen molar-refractivity contribution in [1.29, 1.82) is 0 Å². The fraction of sp³-hybridized carbons (Fsp3) is 0.571. The molecule has 1 heterocycles.